The van der Waals surface area contributed by atoms with Crippen LogP contribution in [0.3, 0.4) is 0 Å². The van der Waals surface area contributed by atoms with Gasteiger partial charge in [-0.2, -0.15) is 0 Å². The van der Waals surface area contributed by atoms with Crippen LogP contribution in [-0.2, 0) is 23.3 Å². The Kier molecular flexibility index (Phi) is 7.65. The van der Waals surface area contributed by atoms with E-state index in [4.69, 9.17) is 5.73 Å². The zero-order valence-corrected chi connectivity index (χ0v) is 19.8. The van der Waals surface area contributed by atoms with Gasteiger partial charge in [-0.1, -0.05) is 91.0 Å². The molecule has 2 N–H and O–H groups in total. The van der Waals surface area contributed by atoms with Gasteiger partial charge in [0.25, 0.3) is 5.82 Å². The van der Waals surface area contributed by atoms with E-state index in [0.29, 0.717) is 13.0 Å². The SMILES string of the molecule is Cc1n(CCC(C(N)=O)(c2ccccc2)c2ccccc2)cc[n+]1Cc1ccccc1.[Br-]. The molecule has 0 aliphatic carbocycles. The summed E-state index contributed by atoms with van der Waals surface area (Å²) >= 11 is 0. The van der Waals surface area contributed by atoms with Crippen molar-refractivity contribution in [2.24, 2.45) is 5.73 Å². The topological polar surface area (TPSA) is 51.9 Å². The second-order valence-electron chi connectivity index (χ2n) is 7.90. The maximum atomic E-state index is 13.0. The Morgan fingerprint density at radius 3 is 1.88 bits per heavy atom. The summed E-state index contributed by atoms with van der Waals surface area (Å²) in [5.74, 6) is 0.815. The molecule has 1 aromatic heterocycles. The van der Waals surface area contributed by atoms with Gasteiger partial charge in [-0.05, 0) is 16.7 Å². The maximum absolute atomic E-state index is 13.0. The number of primary amides is 1. The predicted octanol–water partition coefficient (Wildman–Crippen LogP) is 0.998. The van der Waals surface area contributed by atoms with Gasteiger partial charge in [-0.3, -0.25) is 4.79 Å². The fourth-order valence-electron chi connectivity index (χ4n) is 4.32. The molecule has 0 saturated carbocycles. The first-order valence-corrected chi connectivity index (χ1v) is 10.6. The molecule has 4 nitrogen and oxygen atoms in total. The van der Waals surface area contributed by atoms with Gasteiger partial charge in [0, 0.05) is 13.3 Å². The molecule has 0 unspecified atom stereocenters. The Bertz CT molecular complexity index is 1100. The minimum absolute atomic E-state index is 0. The monoisotopic (exact) mass is 489 g/mol. The number of aryl methyl sites for hydroxylation is 1. The number of nitrogens with zero attached hydrogens (tertiary/aromatic N) is 2. The van der Waals surface area contributed by atoms with Gasteiger partial charge < -0.3 is 22.7 Å². The molecule has 0 spiro atoms. The number of carbonyl (C=O) groups is 1. The highest BCUT2D eigenvalue weighted by Crippen LogP contribution is 2.36. The first-order valence-electron chi connectivity index (χ1n) is 10.6. The van der Waals surface area contributed by atoms with E-state index in [0.717, 1.165) is 23.5 Å². The van der Waals surface area contributed by atoms with E-state index in [1.807, 2.05) is 66.7 Å². The van der Waals surface area contributed by atoms with Crippen molar-refractivity contribution >= 4 is 5.91 Å². The van der Waals surface area contributed by atoms with Crippen molar-refractivity contribution in [2.75, 3.05) is 0 Å². The highest BCUT2D eigenvalue weighted by Gasteiger charge is 2.40. The fourth-order valence-corrected chi connectivity index (χ4v) is 4.32. The number of hydrogen-bond acceptors (Lipinski definition) is 1. The summed E-state index contributed by atoms with van der Waals surface area (Å²) in [6.45, 7) is 3.61. The Morgan fingerprint density at radius 2 is 1.38 bits per heavy atom. The molecular weight excluding hydrogens is 462 g/mol. The maximum Gasteiger partial charge on any atom is 0.253 e. The molecule has 1 amide bonds. The molecule has 4 rings (SSSR count). The quantitative estimate of drug-likeness (QED) is 0.369. The molecule has 0 radical (unpaired) electrons. The lowest BCUT2D eigenvalue weighted by Crippen LogP contribution is -3.00. The highest BCUT2D eigenvalue weighted by atomic mass is 79.9. The molecule has 5 heteroatoms. The molecule has 3 aromatic carbocycles. The van der Waals surface area contributed by atoms with Gasteiger partial charge in [0.15, 0.2) is 0 Å². The van der Waals surface area contributed by atoms with Crippen molar-refractivity contribution in [3.8, 4) is 0 Å². The lowest BCUT2D eigenvalue weighted by atomic mass is 9.71. The average molecular weight is 490 g/mol. The molecule has 1 heterocycles. The summed E-state index contributed by atoms with van der Waals surface area (Å²) in [6.07, 6.45) is 4.76. The van der Waals surface area contributed by atoms with E-state index in [1.165, 1.54) is 5.56 Å². The molecule has 0 bridgehead atoms. The second kappa shape index (κ2) is 10.4. The molecule has 0 atom stereocenters. The molecule has 0 aliphatic rings. The number of nitrogens with two attached hydrogens (primary N) is 1. The van der Waals surface area contributed by atoms with E-state index >= 15 is 0 Å². The van der Waals surface area contributed by atoms with Crippen LogP contribution in [0.15, 0.2) is 103 Å². The minimum atomic E-state index is -0.885. The van der Waals surface area contributed by atoms with E-state index in [-0.39, 0.29) is 22.9 Å². The van der Waals surface area contributed by atoms with Crippen molar-refractivity contribution in [3.63, 3.8) is 0 Å². The van der Waals surface area contributed by atoms with Gasteiger partial charge >= 0.3 is 0 Å². The Balaban J connectivity index is 0.00000289. The van der Waals surface area contributed by atoms with Crippen molar-refractivity contribution in [2.45, 2.75) is 31.8 Å². The molecule has 4 aromatic rings. The molecule has 0 saturated heterocycles. The summed E-state index contributed by atoms with van der Waals surface area (Å²) in [5, 5.41) is 0. The van der Waals surface area contributed by atoms with E-state index < -0.39 is 5.41 Å². The minimum Gasteiger partial charge on any atom is -1.00 e. The molecular formula is C27H28BrN3O. The number of imidazole rings is 1. The van der Waals surface area contributed by atoms with Gasteiger partial charge in [-0.25, -0.2) is 9.13 Å². The first kappa shape index (κ1) is 23.5. The van der Waals surface area contributed by atoms with Crippen LogP contribution < -0.4 is 27.3 Å². The van der Waals surface area contributed by atoms with Crippen LogP contribution in [0.25, 0.3) is 0 Å². The molecule has 32 heavy (non-hydrogen) atoms. The number of rotatable bonds is 8. The zero-order chi connectivity index (χ0) is 21.7. The van der Waals surface area contributed by atoms with Crippen molar-refractivity contribution in [3.05, 3.63) is 126 Å². The predicted molar refractivity (Wildman–Crippen MR) is 122 cm³/mol. The van der Waals surface area contributed by atoms with Crippen LogP contribution in [0.2, 0.25) is 0 Å². The Hall–Kier alpha value is -3.18. The van der Waals surface area contributed by atoms with Gasteiger partial charge in [0.1, 0.15) is 24.4 Å². The zero-order valence-electron chi connectivity index (χ0n) is 18.2. The van der Waals surface area contributed by atoms with Crippen LogP contribution in [0.1, 0.15) is 28.9 Å². The van der Waals surface area contributed by atoms with Crippen LogP contribution >= 0.6 is 0 Å². The summed E-state index contributed by atoms with van der Waals surface area (Å²) in [6, 6.07) is 30.2. The molecule has 0 aliphatic heterocycles. The average Bonchev–Trinajstić information content (AvgIpc) is 3.15. The summed E-state index contributed by atoms with van der Waals surface area (Å²) in [4.78, 5) is 13.0. The van der Waals surface area contributed by atoms with Crippen LogP contribution in [-0.4, -0.2) is 10.5 Å². The lowest BCUT2D eigenvalue weighted by Gasteiger charge is -2.31. The number of benzene rings is 3. The Morgan fingerprint density at radius 1 is 0.875 bits per heavy atom. The highest BCUT2D eigenvalue weighted by molar-refractivity contribution is 5.90. The van der Waals surface area contributed by atoms with Crippen molar-refractivity contribution < 1.29 is 26.3 Å². The molecule has 0 fully saturated rings. The number of carbonyl (C=O) groups excluding carboxylic acids is 1. The normalized spacial score (nSPS) is 11.0. The number of aromatic nitrogens is 2. The van der Waals surface area contributed by atoms with Crippen LogP contribution in [0.4, 0.5) is 0 Å². The summed E-state index contributed by atoms with van der Waals surface area (Å²) in [5.41, 5.74) is 8.32. The van der Waals surface area contributed by atoms with Crippen LogP contribution in [0.5, 0.6) is 0 Å². The Labute approximate surface area is 200 Å². The number of hydrogen-bond donors (Lipinski definition) is 1. The number of halogens is 1. The van der Waals surface area contributed by atoms with Gasteiger partial charge in [0.05, 0.1) is 6.54 Å². The number of amides is 1. The fraction of sp³-hybridized carbons (Fsp3) is 0.185. The third-order valence-electron chi connectivity index (χ3n) is 6.14. The van der Waals surface area contributed by atoms with Crippen LogP contribution in [0, 0.1) is 6.92 Å². The van der Waals surface area contributed by atoms with E-state index in [1.54, 1.807) is 0 Å². The van der Waals surface area contributed by atoms with Gasteiger partial charge in [0.2, 0.25) is 5.91 Å². The third-order valence-corrected chi connectivity index (χ3v) is 6.14. The van der Waals surface area contributed by atoms with Crippen molar-refractivity contribution in [1.82, 2.24) is 4.57 Å². The lowest BCUT2D eigenvalue weighted by molar-refractivity contribution is -0.694. The third kappa shape index (κ3) is 4.68. The smallest absolute Gasteiger partial charge is 0.253 e. The van der Waals surface area contributed by atoms with E-state index in [2.05, 4.69) is 52.7 Å². The second-order valence-corrected chi connectivity index (χ2v) is 7.90. The largest absolute Gasteiger partial charge is 1.00 e. The van der Waals surface area contributed by atoms with Crippen molar-refractivity contribution in [1.29, 1.82) is 0 Å². The van der Waals surface area contributed by atoms with Gasteiger partial charge in [-0.15, -0.1) is 0 Å². The summed E-state index contributed by atoms with van der Waals surface area (Å²) < 4.78 is 4.43. The standard InChI is InChI=1S/C27H27N3O.BrH/c1-22-29(19-20-30(22)21-23-11-5-2-6-12-23)18-17-27(26(28)31,24-13-7-3-8-14-24)25-15-9-4-10-16-25;/h2-16,19-20H,17-18,21H2,1H3,(H-,28,31);1H. The summed E-state index contributed by atoms with van der Waals surface area (Å²) in [7, 11) is 0. The molecule has 164 valence electrons. The van der Waals surface area contributed by atoms with E-state index in [9.17, 15) is 4.79 Å². The first-order chi connectivity index (χ1) is 15.1.